The second kappa shape index (κ2) is 6.29. The van der Waals surface area contributed by atoms with Crippen molar-refractivity contribution >= 4 is 39.8 Å². The van der Waals surface area contributed by atoms with Crippen molar-refractivity contribution in [1.82, 2.24) is 10.3 Å². The molecule has 2 aromatic rings. The molecule has 0 bridgehead atoms. The average Bonchev–Trinajstić information content (AvgIpc) is 2.90. The molecule has 0 aliphatic rings. The Balaban J connectivity index is 2.14. The zero-order valence-corrected chi connectivity index (χ0v) is 12.9. The number of benzene rings is 1. The minimum absolute atomic E-state index is 0.00601. The summed E-state index contributed by atoms with van der Waals surface area (Å²) in [5.41, 5.74) is 0.716. The molecule has 0 aliphatic carbocycles. The largest absolute Gasteiger partial charge is 0.343 e. The summed E-state index contributed by atoms with van der Waals surface area (Å²) in [5, 5.41) is 5.91. The number of nitrogens with one attached hydrogen (secondary N) is 1. The molecule has 3 nitrogen and oxygen atoms in total. The van der Waals surface area contributed by atoms with Crippen molar-refractivity contribution in [1.29, 1.82) is 0 Å². The number of halogens is 1. The molecule has 1 N–H and O–H groups in total. The van der Waals surface area contributed by atoms with E-state index in [1.165, 1.54) is 0 Å². The monoisotopic (exact) mass is 372 g/mol. The van der Waals surface area contributed by atoms with Gasteiger partial charge in [0.2, 0.25) is 0 Å². The van der Waals surface area contributed by atoms with Gasteiger partial charge in [0.15, 0.2) is 0 Å². The molecule has 0 saturated heterocycles. The highest BCUT2D eigenvalue weighted by Crippen LogP contribution is 2.20. The van der Waals surface area contributed by atoms with Gasteiger partial charge in [0.05, 0.1) is 11.6 Å². The van der Waals surface area contributed by atoms with Gasteiger partial charge in [0.25, 0.3) is 5.91 Å². The molecule has 2 rings (SSSR count). The molecule has 1 unspecified atom stereocenters. The van der Waals surface area contributed by atoms with E-state index in [-0.39, 0.29) is 11.9 Å². The Morgan fingerprint density at radius 3 is 2.89 bits per heavy atom. The topological polar surface area (TPSA) is 42.0 Å². The van der Waals surface area contributed by atoms with Crippen LogP contribution >= 0.6 is 33.9 Å². The van der Waals surface area contributed by atoms with Gasteiger partial charge in [-0.05, 0) is 41.1 Å². The van der Waals surface area contributed by atoms with E-state index in [9.17, 15) is 4.79 Å². The Labute approximate surface area is 124 Å². The molecule has 0 saturated carbocycles. The first-order valence-electron chi connectivity index (χ1n) is 5.67. The molecule has 0 aliphatic heterocycles. The SMILES string of the molecule is CCC(NC(=O)c1ccccc1I)c1nccs1. The fraction of sp³-hybridized carbons (Fsp3) is 0.231. The summed E-state index contributed by atoms with van der Waals surface area (Å²) < 4.78 is 0.960. The summed E-state index contributed by atoms with van der Waals surface area (Å²) >= 11 is 3.74. The Bertz CT molecular complexity index is 528. The summed E-state index contributed by atoms with van der Waals surface area (Å²) in [6.45, 7) is 2.04. The van der Waals surface area contributed by atoms with Gasteiger partial charge < -0.3 is 5.32 Å². The van der Waals surface area contributed by atoms with Crippen LogP contribution in [0.15, 0.2) is 35.8 Å². The lowest BCUT2D eigenvalue weighted by atomic mass is 10.2. The highest BCUT2D eigenvalue weighted by atomic mass is 127. The van der Waals surface area contributed by atoms with Gasteiger partial charge in [-0.2, -0.15) is 0 Å². The first-order chi connectivity index (χ1) is 8.72. The van der Waals surface area contributed by atoms with E-state index in [1.807, 2.05) is 36.6 Å². The quantitative estimate of drug-likeness (QED) is 0.833. The van der Waals surface area contributed by atoms with Gasteiger partial charge >= 0.3 is 0 Å². The average molecular weight is 372 g/mol. The number of thiazole rings is 1. The van der Waals surface area contributed by atoms with Crippen molar-refractivity contribution in [3.05, 3.63) is 50.0 Å². The molecule has 94 valence electrons. The molecule has 18 heavy (non-hydrogen) atoms. The summed E-state index contributed by atoms with van der Waals surface area (Å²) in [5.74, 6) is -0.0398. The fourth-order valence-corrected chi connectivity index (χ4v) is 3.03. The molecule has 0 radical (unpaired) electrons. The predicted octanol–water partition coefficient (Wildman–Crippen LogP) is 3.63. The number of carbonyl (C=O) groups excluding carboxylic acids is 1. The van der Waals surface area contributed by atoms with Crippen molar-refractivity contribution in [3.8, 4) is 0 Å². The van der Waals surface area contributed by atoms with E-state index in [0.717, 1.165) is 15.0 Å². The second-order valence-corrected chi connectivity index (χ2v) is 5.87. The molecular weight excluding hydrogens is 359 g/mol. The lowest BCUT2D eigenvalue weighted by Crippen LogP contribution is -2.28. The van der Waals surface area contributed by atoms with Crippen LogP contribution in [0, 0.1) is 3.57 Å². The highest BCUT2D eigenvalue weighted by Gasteiger charge is 2.17. The minimum atomic E-state index is -0.0398. The number of amides is 1. The van der Waals surface area contributed by atoms with Crippen LogP contribution in [0.2, 0.25) is 0 Å². The zero-order valence-electron chi connectivity index (χ0n) is 9.89. The van der Waals surface area contributed by atoms with Crippen molar-refractivity contribution in [2.75, 3.05) is 0 Å². The van der Waals surface area contributed by atoms with E-state index in [2.05, 4.69) is 32.9 Å². The van der Waals surface area contributed by atoms with Crippen molar-refractivity contribution in [3.63, 3.8) is 0 Å². The summed E-state index contributed by atoms with van der Waals surface area (Å²) in [4.78, 5) is 16.4. The molecule has 0 fully saturated rings. The maximum Gasteiger partial charge on any atom is 0.252 e. The van der Waals surface area contributed by atoms with E-state index in [0.29, 0.717) is 5.56 Å². The lowest BCUT2D eigenvalue weighted by molar-refractivity contribution is 0.0934. The van der Waals surface area contributed by atoms with Gasteiger partial charge in [-0.15, -0.1) is 11.3 Å². The third-order valence-corrected chi connectivity index (χ3v) is 4.41. The number of hydrogen-bond donors (Lipinski definition) is 1. The molecule has 1 aromatic heterocycles. The maximum absolute atomic E-state index is 12.2. The van der Waals surface area contributed by atoms with Crippen molar-refractivity contribution in [2.45, 2.75) is 19.4 Å². The molecule has 1 aromatic carbocycles. The third kappa shape index (κ3) is 3.08. The predicted molar refractivity (Wildman–Crippen MR) is 81.8 cm³/mol. The maximum atomic E-state index is 12.2. The van der Waals surface area contributed by atoms with Crippen LogP contribution < -0.4 is 5.32 Å². The molecule has 0 spiro atoms. The van der Waals surface area contributed by atoms with E-state index >= 15 is 0 Å². The minimum Gasteiger partial charge on any atom is -0.343 e. The lowest BCUT2D eigenvalue weighted by Gasteiger charge is -2.15. The summed E-state index contributed by atoms with van der Waals surface area (Å²) in [6, 6.07) is 7.57. The van der Waals surface area contributed by atoms with Crippen LogP contribution in [-0.4, -0.2) is 10.9 Å². The van der Waals surface area contributed by atoms with Gasteiger partial charge in [0, 0.05) is 15.1 Å². The number of aromatic nitrogens is 1. The van der Waals surface area contributed by atoms with Crippen molar-refractivity contribution in [2.24, 2.45) is 0 Å². The zero-order chi connectivity index (χ0) is 13.0. The van der Waals surface area contributed by atoms with Gasteiger partial charge in [0.1, 0.15) is 5.01 Å². The fourth-order valence-electron chi connectivity index (χ4n) is 1.63. The molecule has 1 amide bonds. The van der Waals surface area contributed by atoms with Gasteiger partial charge in [-0.1, -0.05) is 19.1 Å². The third-order valence-electron chi connectivity index (χ3n) is 2.58. The van der Waals surface area contributed by atoms with Gasteiger partial charge in [-0.3, -0.25) is 4.79 Å². The van der Waals surface area contributed by atoms with Crippen LogP contribution in [0.1, 0.15) is 34.8 Å². The number of hydrogen-bond acceptors (Lipinski definition) is 3. The molecule has 1 atom stereocenters. The van der Waals surface area contributed by atoms with Crippen LogP contribution in [0.5, 0.6) is 0 Å². The summed E-state index contributed by atoms with van der Waals surface area (Å²) in [7, 11) is 0. The van der Waals surface area contributed by atoms with Crippen LogP contribution in [0.4, 0.5) is 0 Å². The number of rotatable bonds is 4. The van der Waals surface area contributed by atoms with Crippen LogP contribution in [0.3, 0.4) is 0 Å². The standard InChI is InChI=1S/C13H13IN2OS/c1-2-11(13-15-7-8-18-13)16-12(17)9-5-3-4-6-10(9)14/h3-8,11H,2H2,1H3,(H,16,17). The van der Waals surface area contributed by atoms with E-state index in [4.69, 9.17) is 0 Å². The summed E-state index contributed by atoms with van der Waals surface area (Å²) in [6.07, 6.45) is 2.60. The Hall–Kier alpha value is -0.950. The Kier molecular flexibility index (Phi) is 4.71. The van der Waals surface area contributed by atoms with Gasteiger partial charge in [-0.25, -0.2) is 4.98 Å². The molecular formula is C13H13IN2OS. The Morgan fingerprint density at radius 2 is 2.28 bits per heavy atom. The van der Waals surface area contributed by atoms with Crippen molar-refractivity contribution < 1.29 is 4.79 Å². The highest BCUT2D eigenvalue weighted by molar-refractivity contribution is 14.1. The first kappa shape index (κ1) is 13.5. The van der Waals surface area contributed by atoms with Crippen LogP contribution in [0.25, 0.3) is 0 Å². The first-order valence-corrected chi connectivity index (χ1v) is 7.63. The van der Waals surface area contributed by atoms with Crippen LogP contribution in [-0.2, 0) is 0 Å². The molecule has 5 heteroatoms. The Morgan fingerprint density at radius 1 is 1.50 bits per heavy atom. The molecule has 1 heterocycles. The second-order valence-electron chi connectivity index (χ2n) is 3.78. The van der Waals surface area contributed by atoms with E-state index in [1.54, 1.807) is 17.5 Å². The normalized spacial score (nSPS) is 12.1. The van der Waals surface area contributed by atoms with E-state index < -0.39 is 0 Å². The number of carbonyl (C=O) groups is 1. The smallest absolute Gasteiger partial charge is 0.252 e. The number of nitrogens with zero attached hydrogens (tertiary/aromatic N) is 1.